The first-order valence-electron chi connectivity index (χ1n) is 11.0. The molecule has 2 aromatic rings. The Kier molecular flexibility index (Phi) is 7.02. The lowest BCUT2D eigenvalue weighted by atomic mass is 10.1. The molecule has 1 N–H and O–H groups in total. The standard InChI is InChI=1S/C23H27ClFN3O3S/c24-18-8-9-20(19(25)16-18)26-23(29)17-7-10-21(27-11-3-1-4-12-27)22(15-17)32(30,31)28-13-5-2-6-14-28/h7-10,15-16H,1-6,11-14H2,(H,26,29). The zero-order valence-electron chi connectivity index (χ0n) is 17.8. The Balaban J connectivity index is 1.70. The highest BCUT2D eigenvalue weighted by molar-refractivity contribution is 7.89. The van der Waals surface area contributed by atoms with Crippen LogP contribution in [0, 0.1) is 5.82 Å². The average Bonchev–Trinajstić information content (AvgIpc) is 2.81. The Morgan fingerprint density at radius 3 is 2.22 bits per heavy atom. The maximum Gasteiger partial charge on any atom is 0.255 e. The molecule has 0 aromatic heterocycles. The summed E-state index contributed by atoms with van der Waals surface area (Å²) in [6.45, 7) is 2.52. The van der Waals surface area contributed by atoms with Gasteiger partial charge < -0.3 is 10.2 Å². The Morgan fingerprint density at radius 1 is 0.906 bits per heavy atom. The molecule has 0 saturated carbocycles. The quantitative estimate of drug-likeness (QED) is 0.662. The van der Waals surface area contributed by atoms with Gasteiger partial charge in [-0.05, 0) is 68.5 Å². The number of sulfonamides is 1. The molecule has 9 heteroatoms. The summed E-state index contributed by atoms with van der Waals surface area (Å²) in [6.07, 6.45) is 5.79. The van der Waals surface area contributed by atoms with Crippen molar-refractivity contribution in [3.63, 3.8) is 0 Å². The summed E-state index contributed by atoms with van der Waals surface area (Å²) in [7, 11) is -3.76. The Hall–Kier alpha value is -2.16. The molecule has 6 nitrogen and oxygen atoms in total. The van der Waals surface area contributed by atoms with Gasteiger partial charge in [-0.25, -0.2) is 12.8 Å². The van der Waals surface area contributed by atoms with Crippen molar-refractivity contribution in [1.29, 1.82) is 0 Å². The van der Waals surface area contributed by atoms with Crippen LogP contribution < -0.4 is 10.2 Å². The summed E-state index contributed by atoms with van der Waals surface area (Å²) in [4.78, 5) is 15.1. The first kappa shape index (κ1) is 23.0. The molecular formula is C23H27ClFN3O3S. The van der Waals surface area contributed by atoms with Crippen LogP contribution in [0.4, 0.5) is 15.8 Å². The largest absolute Gasteiger partial charge is 0.370 e. The van der Waals surface area contributed by atoms with Crippen molar-refractivity contribution in [2.24, 2.45) is 0 Å². The van der Waals surface area contributed by atoms with Crippen molar-refractivity contribution in [2.75, 3.05) is 36.4 Å². The molecule has 0 atom stereocenters. The van der Waals surface area contributed by atoms with Crippen LogP contribution in [0.3, 0.4) is 0 Å². The van der Waals surface area contributed by atoms with E-state index < -0.39 is 21.7 Å². The smallest absolute Gasteiger partial charge is 0.255 e. The van der Waals surface area contributed by atoms with E-state index >= 15 is 0 Å². The fraction of sp³-hybridized carbons (Fsp3) is 0.435. The van der Waals surface area contributed by atoms with Gasteiger partial charge in [0.2, 0.25) is 10.0 Å². The lowest BCUT2D eigenvalue weighted by molar-refractivity contribution is 0.102. The van der Waals surface area contributed by atoms with E-state index in [1.807, 2.05) is 0 Å². The van der Waals surface area contributed by atoms with Crippen molar-refractivity contribution in [3.05, 3.63) is 52.8 Å². The Bertz CT molecular complexity index is 1100. The van der Waals surface area contributed by atoms with E-state index in [1.54, 1.807) is 12.1 Å². The number of rotatable bonds is 5. The van der Waals surface area contributed by atoms with Gasteiger partial charge >= 0.3 is 0 Å². The summed E-state index contributed by atoms with van der Waals surface area (Å²) in [5, 5.41) is 2.74. The van der Waals surface area contributed by atoms with Gasteiger partial charge in [0.15, 0.2) is 0 Å². The minimum atomic E-state index is -3.76. The number of nitrogens with one attached hydrogen (secondary N) is 1. The van der Waals surface area contributed by atoms with Crippen LogP contribution in [0.5, 0.6) is 0 Å². The Labute approximate surface area is 193 Å². The number of nitrogens with zero attached hydrogens (tertiary/aromatic N) is 2. The van der Waals surface area contributed by atoms with E-state index in [0.29, 0.717) is 18.8 Å². The molecule has 2 aliphatic rings. The van der Waals surface area contributed by atoms with Crippen LogP contribution in [0.15, 0.2) is 41.3 Å². The fourth-order valence-corrected chi connectivity index (χ4v) is 6.20. The zero-order valence-corrected chi connectivity index (χ0v) is 19.4. The van der Waals surface area contributed by atoms with Gasteiger partial charge in [-0.3, -0.25) is 4.79 Å². The predicted octanol–water partition coefficient (Wildman–Crippen LogP) is 4.90. The van der Waals surface area contributed by atoms with Gasteiger partial charge in [0.1, 0.15) is 10.7 Å². The second-order valence-corrected chi connectivity index (χ2v) is 10.6. The molecule has 32 heavy (non-hydrogen) atoms. The second kappa shape index (κ2) is 9.77. The van der Waals surface area contributed by atoms with Crippen molar-refractivity contribution in [3.8, 4) is 0 Å². The minimum Gasteiger partial charge on any atom is -0.370 e. The number of carbonyl (C=O) groups excluding carboxylic acids is 1. The van der Waals surface area contributed by atoms with Crippen molar-refractivity contribution in [2.45, 2.75) is 43.4 Å². The lowest BCUT2D eigenvalue weighted by Gasteiger charge is -2.33. The first-order valence-corrected chi connectivity index (χ1v) is 12.8. The molecular weight excluding hydrogens is 453 g/mol. The van der Waals surface area contributed by atoms with Gasteiger partial charge in [0, 0.05) is 36.8 Å². The molecule has 0 bridgehead atoms. The first-order chi connectivity index (χ1) is 15.4. The fourth-order valence-electron chi connectivity index (χ4n) is 4.29. The molecule has 0 unspecified atom stereocenters. The van der Waals surface area contributed by atoms with Gasteiger partial charge in [-0.2, -0.15) is 4.31 Å². The second-order valence-electron chi connectivity index (χ2n) is 8.27. The number of anilines is 2. The van der Waals surface area contributed by atoms with Crippen LogP contribution >= 0.6 is 11.6 Å². The molecule has 0 aliphatic carbocycles. The number of hydrogen-bond acceptors (Lipinski definition) is 4. The molecule has 4 rings (SSSR count). The summed E-state index contributed by atoms with van der Waals surface area (Å²) in [6, 6.07) is 8.70. The molecule has 0 radical (unpaired) electrons. The highest BCUT2D eigenvalue weighted by atomic mass is 35.5. The highest BCUT2D eigenvalue weighted by Crippen LogP contribution is 2.32. The molecule has 2 saturated heterocycles. The van der Waals surface area contributed by atoms with E-state index in [4.69, 9.17) is 11.6 Å². The lowest BCUT2D eigenvalue weighted by Crippen LogP contribution is -2.37. The SMILES string of the molecule is O=C(Nc1ccc(Cl)cc1F)c1ccc(N2CCCCC2)c(S(=O)(=O)N2CCCCC2)c1. The maximum absolute atomic E-state index is 14.1. The molecule has 2 heterocycles. The van der Waals surface area contributed by atoms with Crippen LogP contribution in [0.25, 0.3) is 0 Å². The predicted molar refractivity (Wildman–Crippen MR) is 124 cm³/mol. The van der Waals surface area contributed by atoms with Gasteiger partial charge in [-0.1, -0.05) is 18.0 Å². The number of carbonyl (C=O) groups is 1. The van der Waals surface area contributed by atoms with Gasteiger partial charge in [-0.15, -0.1) is 0 Å². The third kappa shape index (κ3) is 4.92. The van der Waals surface area contributed by atoms with E-state index in [0.717, 1.165) is 57.7 Å². The van der Waals surface area contributed by atoms with Crippen LogP contribution in [0.1, 0.15) is 48.9 Å². The summed E-state index contributed by atoms with van der Waals surface area (Å²) in [5.74, 6) is -1.23. The number of benzene rings is 2. The third-order valence-corrected chi connectivity index (χ3v) is 8.19. The Morgan fingerprint density at radius 2 is 1.56 bits per heavy atom. The summed E-state index contributed by atoms with van der Waals surface area (Å²) in [5.41, 5.74) is 0.778. The van der Waals surface area contributed by atoms with E-state index in [2.05, 4.69) is 10.2 Å². The van der Waals surface area contributed by atoms with Crippen molar-refractivity contribution in [1.82, 2.24) is 4.31 Å². The van der Waals surface area contributed by atoms with E-state index in [9.17, 15) is 17.6 Å². The highest BCUT2D eigenvalue weighted by Gasteiger charge is 2.31. The molecule has 2 aliphatic heterocycles. The monoisotopic (exact) mass is 479 g/mol. The van der Waals surface area contributed by atoms with Gasteiger partial charge in [0.25, 0.3) is 5.91 Å². The van der Waals surface area contributed by atoms with Crippen LogP contribution in [-0.2, 0) is 10.0 Å². The summed E-state index contributed by atoms with van der Waals surface area (Å²) < 4.78 is 42.8. The molecule has 1 amide bonds. The molecule has 2 aromatic carbocycles. The molecule has 0 spiro atoms. The van der Waals surface area contributed by atoms with Crippen LogP contribution in [-0.4, -0.2) is 44.8 Å². The normalized spacial score (nSPS) is 17.9. The van der Waals surface area contributed by atoms with Crippen molar-refractivity contribution >= 4 is 38.9 Å². The minimum absolute atomic E-state index is 0.0139. The van der Waals surface area contributed by atoms with Gasteiger partial charge in [0.05, 0.1) is 11.4 Å². The maximum atomic E-state index is 14.1. The van der Waals surface area contributed by atoms with Crippen molar-refractivity contribution < 1.29 is 17.6 Å². The number of amides is 1. The number of hydrogen-bond donors (Lipinski definition) is 1. The third-order valence-electron chi connectivity index (χ3n) is 6.03. The number of halogens is 2. The van der Waals surface area contributed by atoms with E-state index in [1.165, 1.54) is 22.5 Å². The van der Waals surface area contributed by atoms with E-state index in [-0.39, 0.29) is 21.2 Å². The zero-order chi connectivity index (χ0) is 22.7. The van der Waals surface area contributed by atoms with Crippen LogP contribution in [0.2, 0.25) is 5.02 Å². The topological polar surface area (TPSA) is 69.7 Å². The molecule has 2 fully saturated rings. The number of piperidine rings is 2. The molecule has 172 valence electrons. The summed E-state index contributed by atoms with van der Waals surface area (Å²) >= 11 is 5.78. The average molecular weight is 480 g/mol.